The minimum absolute atomic E-state index is 1.19. The third-order valence-corrected chi connectivity index (χ3v) is 9.87. The molecule has 0 fully saturated rings. The van der Waals surface area contributed by atoms with E-state index < -0.39 is 0 Å². The molecule has 6 aromatic carbocycles. The topological polar surface area (TPSA) is 8.51 Å². The Balaban J connectivity index is 1.61. The van der Waals surface area contributed by atoms with Crippen LogP contribution in [0, 0.1) is 27.7 Å². The number of aromatic nitrogens is 2. The second-order valence-electron chi connectivity index (χ2n) is 13.1. The van der Waals surface area contributed by atoms with Gasteiger partial charge in [-0.15, -0.1) is 0 Å². The van der Waals surface area contributed by atoms with Crippen molar-refractivity contribution in [2.75, 3.05) is 0 Å². The summed E-state index contributed by atoms with van der Waals surface area (Å²) in [5.41, 5.74) is 18.4. The van der Waals surface area contributed by atoms with Crippen molar-refractivity contribution in [3.8, 4) is 44.8 Å². The van der Waals surface area contributed by atoms with Crippen molar-refractivity contribution in [3.05, 3.63) is 162 Å². The van der Waals surface area contributed by atoms with Crippen molar-refractivity contribution in [2.45, 2.75) is 27.7 Å². The monoisotopic (exact) mass is 603 g/mol. The average Bonchev–Trinajstić information content (AvgIpc) is 3.44. The fraction of sp³-hybridized carbons (Fsp3) is 0.0889. The minimum Gasteiger partial charge on any atom is -0.186 e. The zero-order valence-electron chi connectivity index (χ0n) is 27.2. The van der Waals surface area contributed by atoms with Crippen molar-refractivity contribution in [1.82, 2.24) is 4.40 Å². The third-order valence-electron chi connectivity index (χ3n) is 9.87. The molecular weight excluding hydrogens is 569 g/mol. The lowest BCUT2D eigenvalue weighted by molar-refractivity contribution is -0.466. The molecule has 2 heteroatoms. The number of hydrogen-bond donors (Lipinski definition) is 0. The second kappa shape index (κ2) is 10.4. The van der Waals surface area contributed by atoms with Gasteiger partial charge in [0.25, 0.3) is 0 Å². The van der Waals surface area contributed by atoms with E-state index in [4.69, 9.17) is 0 Å². The molecule has 0 saturated carbocycles. The number of nitrogens with zero attached hydrogens (tertiary/aromatic N) is 2. The van der Waals surface area contributed by atoms with Crippen molar-refractivity contribution in [1.29, 1.82) is 0 Å². The van der Waals surface area contributed by atoms with Crippen LogP contribution in [0.25, 0.3) is 77.6 Å². The van der Waals surface area contributed by atoms with Crippen LogP contribution >= 0.6 is 0 Å². The van der Waals surface area contributed by atoms with Crippen LogP contribution < -0.4 is 4.40 Å². The molecule has 0 aliphatic carbocycles. The predicted molar refractivity (Wildman–Crippen MR) is 197 cm³/mol. The number of pyridine rings is 2. The lowest BCUT2D eigenvalue weighted by Gasteiger charge is -2.19. The predicted octanol–water partition coefficient (Wildman–Crippen LogP) is 11.3. The van der Waals surface area contributed by atoms with Gasteiger partial charge in [-0.1, -0.05) is 150 Å². The molecular formula is C45H35N2+. The number of benzene rings is 6. The van der Waals surface area contributed by atoms with Gasteiger partial charge < -0.3 is 0 Å². The maximum Gasteiger partial charge on any atom is 0.301 e. The van der Waals surface area contributed by atoms with Gasteiger partial charge in [0.15, 0.2) is 11.0 Å². The first-order chi connectivity index (χ1) is 23.0. The number of rotatable bonds is 4. The molecule has 3 heterocycles. The van der Waals surface area contributed by atoms with Gasteiger partial charge in [0.1, 0.15) is 11.4 Å². The molecule has 0 amide bonds. The maximum absolute atomic E-state index is 2.54. The van der Waals surface area contributed by atoms with Gasteiger partial charge in [0, 0.05) is 33.0 Å². The van der Waals surface area contributed by atoms with Gasteiger partial charge in [-0.25, -0.2) is 0 Å². The van der Waals surface area contributed by atoms with Gasteiger partial charge in [0.2, 0.25) is 0 Å². The summed E-state index contributed by atoms with van der Waals surface area (Å²) in [5, 5.41) is 3.80. The first kappa shape index (κ1) is 27.6. The molecule has 0 bridgehead atoms. The minimum atomic E-state index is 1.19. The molecule has 9 aromatic rings. The van der Waals surface area contributed by atoms with Crippen LogP contribution in [0.1, 0.15) is 22.3 Å². The zero-order chi connectivity index (χ0) is 31.8. The highest BCUT2D eigenvalue weighted by Crippen LogP contribution is 2.47. The van der Waals surface area contributed by atoms with Crippen molar-refractivity contribution >= 4 is 32.8 Å². The number of para-hydroxylation sites is 2. The van der Waals surface area contributed by atoms with Crippen LogP contribution in [0.3, 0.4) is 0 Å². The molecule has 0 N–H and O–H groups in total. The molecule has 9 rings (SSSR count). The summed E-state index contributed by atoms with van der Waals surface area (Å²) in [4.78, 5) is 0. The molecule has 2 nitrogen and oxygen atoms in total. The smallest absolute Gasteiger partial charge is 0.186 e. The van der Waals surface area contributed by atoms with Gasteiger partial charge in [-0.2, -0.15) is 8.80 Å². The van der Waals surface area contributed by atoms with E-state index in [1.807, 2.05) is 0 Å². The van der Waals surface area contributed by atoms with E-state index in [0.717, 1.165) is 0 Å². The van der Waals surface area contributed by atoms with Crippen LogP contribution in [0.5, 0.6) is 0 Å². The molecule has 0 aliphatic rings. The highest BCUT2D eigenvalue weighted by Gasteiger charge is 2.34. The van der Waals surface area contributed by atoms with E-state index in [-0.39, 0.29) is 0 Å². The van der Waals surface area contributed by atoms with Gasteiger partial charge >= 0.3 is 5.65 Å². The number of aryl methyl sites for hydroxylation is 4. The van der Waals surface area contributed by atoms with E-state index in [1.54, 1.807) is 0 Å². The number of hydrogen-bond acceptors (Lipinski definition) is 0. The summed E-state index contributed by atoms with van der Waals surface area (Å²) >= 11 is 0. The van der Waals surface area contributed by atoms with E-state index in [2.05, 4.69) is 176 Å². The largest absolute Gasteiger partial charge is 0.301 e. The molecule has 3 aromatic heterocycles. The Morgan fingerprint density at radius 1 is 0.426 bits per heavy atom. The highest BCUT2D eigenvalue weighted by atomic mass is 15.1. The molecule has 0 unspecified atom stereocenters. The SMILES string of the molecule is Cc1ccc(-c2c(-c3ccc(C)cc3)n3c4ccccc4[n+]4c(-c5ccc(C)cc5)c(-c5ccc(C)cc5)c5cccc2c5c34)cc1. The standard InChI is InChI=1S/C45H35N2/c1-28-12-20-32(21-13-28)40-36-8-7-9-37-41(33-22-14-29(2)15-23-33)44(35-26-18-31(4)19-27-35)47-39-11-6-5-10-38(39)46(45(47)42(36)37)43(40)34-24-16-30(3)17-25-34/h5-27H,1-4H3/q+1. The lowest BCUT2D eigenvalue weighted by atomic mass is 9.88. The zero-order valence-corrected chi connectivity index (χ0v) is 27.2. The molecule has 47 heavy (non-hydrogen) atoms. The van der Waals surface area contributed by atoms with Crippen LogP contribution in [0.2, 0.25) is 0 Å². The van der Waals surface area contributed by atoms with Gasteiger partial charge in [0.05, 0.1) is 5.39 Å². The number of imidazole rings is 1. The van der Waals surface area contributed by atoms with E-state index in [0.29, 0.717) is 0 Å². The van der Waals surface area contributed by atoms with E-state index in [9.17, 15) is 0 Å². The Hall–Kier alpha value is -5.73. The Kier molecular flexibility index (Phi) is 6.10. The van der Waals surface area contributed by atoms with Crippen LogP contribution in [-0.2, 0) is 0 Å². The first-order valence-corrected chi connectivity index (χ1v) is 16.4. The Bertz CT molecular complexity index is 2420. The van der Waals surface area contributed by atoms with Crippen molar-refractivity contribution in [3.63, 3.8) is 0 Å². The van der Waals surface area contributed by atoms with E-state index >= 15 is 0 Å². The van der Waals surface area contributed by atoms with Crippen LogP contribution in [0.15, 0.2) is 140 Å². The summed E-state index contributed by atoms with van der Waals surface area (Å²) in [5.74, 6) is 0. The second-order valence-corrected chi connectivity index (χ2v) is 13.1. The molecule has 0 radical (unpaired) electrons. The highest BCUT2D eigenvalue weighted by molar-refractivity contribution is 6.20. The van der Waals surface area contributed by atoms with Crippen molar-refractivity contribution < 1.29 is 4.40 Å². The molecule has 0 spiro atoms. The fourth-order valence-electron chi connectivity index (χ4n) is 7.53. The van der Waals surface area contributed by atoms with Crippen LogP contribution in [0.4, 0.5) is 0 Å². The normalized spacial score (nSPS) is 11.8. The third kappa shape index (κ3) is 4.15. The number of fused-ring (bicyclic) bond motifs is 3. The Morgan fingerprint density at radius 2 is 0.894 bits per heavy atom. The Labute approximate surface area is 275 Å². The quantitative estimate of drug-likeness (QED) is 0.177. The lowest BCUT2D eigenvalue weighted by Crippen LogP contribution is -2.26. The van der Waals surface area contributed by atoms with Crippen LogP contribution in [-0.4, -0.2) is 4.40 Å². The first-order valence-electron chi connectivity index (χ1n) is 16.4. The van der Waals surface area contributed by atoms with Crippen molar-refractivity contribution in [2.24, 2.45) is 0 Å². The average molecular weight is 604 g/mol. The maximum atomic E-state index is 2.54. The molecule has 224 valence electrons. The van der Waals surface area contributed by atoms with Gasteiger partial charge in [-0.05, 0) is 51.0 Å². The summed E-state index contributed by atoms with van der Waals surface area (Å²) in [6.07, 6.45) is 0. The summed E-state index contributed by atoms with van der Waals surface area (Å²) in [7, 11) is 0. The molecule has 0 saturated heterocycles. The summed E-state index contributed by atoms with van der Waals surface area (Å²) < 4.78 is 5.09. The summed E-state index contributed by atoms with van der Waals surface area (Å²) in [6.45, 7) is 8.65. The molecule has 0 aliphatic heterocycles. The Morgan fingerprint density at radius 3 is 1.47 bits per heavy atom. The van der Waals surface area contributed by atoms with Gasteiger partial charge in [-0.3, -0.25) is 0 Å². The fourth-order valence-corrected chi connectivity index (χ4v) is 7.53. The summed E-state index contributed by atoms with van der Waals surface area (Å²) in [6, 6.07) is 52.0. The van der Waals surface area contributed by atoms with E-state index in [1.165, 1.54) is 99.9 Å². The molecule has 0 atom stereocenters.